The molecule has 12 nitrogen and oxygen atoms in total. The van der Waals surface area contributed by atoms with E-state index in [0.29, 0.717) is 88.5 Å². The third-order valence-electron chi connectivity index (χ3n) is 11.1. The van der Waals surface area contributed by atoms with Gasteiger partial charge in [-0.1, -0.05) is 66.2 Å². The summed E-state index contributed by atoms with van der Waals surface area (Å²) < 4.78 is 22.9. The third kappa shape index (κ3) is 12.9. The van der Waals surface area contributed by atoms with Crippen LogP contribution in [0.15, 0.2) is 34.3 Å². The van der Waals surface area contributed by atoms with Gasteiger partial charge in [-0.2, -0.15) is 0 Å². The number of unbranched alkanes of at least 4 members (excludes halogenated alkanes) is 2. The number of anilines is 2. The number of esters is 2. The maximum absolute atomic E-state index is 12.1. The Labute approximate surface area is 347 Å². The van der Waals surface area contributed by atoms with Crippen LogP contribution in [-0.2, 0) is 23.9 Å². The van der Waals surface area contributed by atoms with E-state index in [0.717, 1.165) is 58.6 Å². The van der Waals surface area contributed by atoms with Crippen molar-refractivity contribution in [3.05, 3.63) is 24.5 Å². The number of rotatable bonds is 20. The molecule has 2 fully saturated rings. The van der Waals surface area contributed by atoms with Gasteiger partial charge in [-0.3, -0.25) is 14.4 Å². The largest absolute Gasteiger partial charge is 0.486 e. The maximum Gasteiger partial charge on any atom is 0.306 e. The number of Topliss-reactive ketones (excluding diaryl/α,β-unsaturated/α-hetero) is 1. The second-order valence-corrected chi connectivity index (χ2v) is 18.2. The van der Waals surface area contributed by atoms with Gasteiger partial charge in [-0.15, -0.1) is 23.5 Å². The Balaban J connectivity index is 0.000000218. The summed E-state index contributed by atoms with van der Waals surface area (Å²) in [5, 5.41) is 10.4. The smallest absolute Gasteiger partial charge is 0.306 e. The van der Waals surface area contributed by atoms with Gasteiger partial charge >= 0.3 is 11.9 Å². The molecular weight excluding hydrogens is 765 g/mol. The van der Waals surface area contributed by atoms with Gasteiger partial charge in [0.2, 0.25) is 0 Å². The Morgan fingerprint density at radius 2 is 1.35 bits per heavy atom. The van der Waals surface area contributed by atoms with Crippen molar-refractivity contribution in [3.8, 4) is 11.5 Å². The van der Waals surface area contributed by atoms with Crippen molar-refractivity contribution in [2.75, 3.05) is 60.8 Å². The molecule has 3 unspecified atom stereocenters. The molecule has 0 bridgehead atoms. The molecule has 5 atom stereocenters. The first kappa shape index (κ1) is 44.9. The predicted molar refractivity (Wildman–Crippen MR) is 226 cm³/mol. The SMILES string of the molecule is CCCCC(CC)COC(=O)CCSc1ccnc2c1OC[C@@H]1CC(=O)CN21.CCCCC(CC)COC(=O)CCSc1ccnc2c1OC[C@@H]1CC(C)(O)CN21. The van der Waals surface area contributed by atoms with Gasteiger partial charge in [-0.25, -0.2) is 9.97 Å². The molecule has 1 N–H and O–H groups in total. The molecule has 0 aliphatic carbocycles. The zero-order valence-corrected chi connectivity index (χ0v) is 36.3. The van der Waals surface area contributed by atoms with Crippen LogP contribution in [0.25, 0.3) is 0 Å². The summed E-state index contributed by atoms with van der Waals surface area (Å²) in [5.41, 5.74) is -0.711. The van der Waals surface area contributed by atoms with Crippen molar-refractivity contribution in [2.45, 2.75) is 139 Å². The molecule has 4 aliphatic heterocycles. The molecule has 0 amide bonds. The Kier molecular flexibility index (Phi) is 17.5. The second kappa shape index (κ2) is 22.2. The molecule has 2 saturated heterocycles. The average molecular weight is 829 g/mol. The van der Waals surface area contributed by atoms with E-state index in [9.17, 15) is 19.5 Å². The molecular formula is C43H64N4O8S2. The van der Waals surface area contributed by atoms with Crippen molar-refractivity contribution in [1.82, 2.24) is 9.97 Å². The summed E-state index contributed by atoms with van der Waals surface area (Å²) in [6, 6.07) is 4.10. The first-order valence-corrected chi connectivity index (χ1v) is 23.1. The number of fused-ring (bicyclic) bond motifs is 6. The lowest BCUT2D eigenvalue weighted by molar-refractivity contribution is -0.145. The van der Waals surface area contributed by atoms with Gasteiger partial charge < -0.3 is 33.9 Å². The number of carbonyl (C=O) groups is 3. The fourth-order valence-corrected chi connectivity index (χ4v) is 9.54. The quantitative estimate of drug-likeness (QED) is 0.102. The predicted octanol–water partition coefficient (Wildman–Crippen LogP) is 7.91. The van der Waals surface area contributed by atoms with E-state index in [1.54, 1.807) is 35.9 Å². The highest BCUT2D eigenvalue weighted by atomic mass is 32.2. The zero-order valence-electron chi connectivity index (χ0n) is 34.7. The second-order valence-electron chi connectivity index (χ2n) is 15.9. The highest BCUT2D eigenvalue weighted by molar-refractivity contribution is 7.99. The van der Waals surface area contributed by atoms with Gasteiger partial charge in [-0.05, 0) is 43.7 Å². The number of aromatic nitrogens is 2. The number of carbonyl (C=O) groups excluding carboxylic acids is 3. The minimum Gasteiger partial charge on any atom is -0.486 e. The van der Waals surface area contributed by atoms with Crippen LogP contribution in [-0.4, -0.2) is 102 Å². The summed E-state index contributed by atoms with van der Waals surface area (Å²) in [4.78, 5) is 51.0. The van der Waals surface area contributed by atoms with Crippen LogP contribution in [0.2, 0.25) is 0 Å². The lowest BCUT2D eigenvalue weighted by Gasteiger charge is -2.32. The molecule has 0 spiro atoms. The number of thioether (sulfide) groups is 2. The van der Waals surface area contributed by atoms with Crippen LogP contribution >= 0.6 is 23.5 Å². The monoisotopic (exact) mass is 828 g/mol. The minimum atomic E-state index is -0.711. The number of nitrogens with zero attached hydrogens (tertiary/aromatic N) is 4. The third-order valence-corrected chi connectivity index (χ3v) is 13.2. The van der Waals surface area contributed by atoms with Gasteiger partial charge in [0.25, 0.3) is 0 Å². The molecule has 6 heterocycles. The lowest BCUT2D eigenvalue weighted by Crippen LogP contribution is -2.39. The highest BCUT2D eigenvalue weighted by Gasteiger charge is 2.44. The first-order chi connectivity index (χ1) is 27.5. The van der Waals surface area contributed by atoms with E-state index in [1.807, 2.05) is 24.0 Å². The van der Waals surface area contributed by atoms with E-state index in [1.165, 1.54) is 25.7 Å². The van der Waals surface area contributed by atoms with E-state index in [2.05, 4.69) is 42.6 Å². The van der Waals surface area contributed by atoms with Crippen LogP contribution in [0.3, 0.4) is 0 Å². The van der Waals surface area contributed by atoms with Crippen LogP contribution in [0.1, 0.15) is 112 Å². The molecule has 4 aliphatic rings. The zero-order chi connectivity index (χ0) is 40.8. The summed E-state index contributed by atoms with van der Waals surface area (Å²) in [7, 11) is 0. The molecule has 316 valence electrons. The van der Waals surface area contributed by atoms with Crippen LogP contribution in [0, 0.1) is 11.8 Å². The maximum atomic E-state index is 12.1. The van der Waals surface area contributed by atoms with Crippen molar-refractivity contribution in [2.24, 2.45) is 11.8 Å². The molecule has 2 aromatic heterocycles. The van der Waals surface area contributed by atoms with Crippen LogP contribution in [0.4, 0.5) is 11.6 Å². The molecule has 0 aromatic carbocycles. The molecule has 6 rings (SSSR count). The normalized spacial score (nSPS) is 21.5. The van der Waals surface area contributed by atoms with Crippen molar-refractivity contribution in [3.63, 3.8) is 0 Å². The van der Waals surface area contributed by atoms with Gasteiger partial charge in [0, 0.05) is 43.3 Å². The summed E-state index contributed by atoms with van der Waals surface area (Å²) in [6.07, 6.45) is 14.5. The Bertz CT molecular complexity index is 1630. The van der Waals surface area contributed by atoms with Crippen molar-refractivity contribution in [1.29, 1.82) is 0 Å². The van der Waals surface area contributed by atoms with Gasteiger partial charge in [0.15, 0.2) is 28.9 Å². The molecule has 57 heavy (non-hydrogen) atoms. The van der Waals surface area contributed by atoms with E-state index in [4.69, 9.17) is 18.9 Å². The Morgan fingerprint density at radius 3 is 1.86 bits per heavy atom. The topological polar surface area (TPSA) is 141 Å². The number of hydrogen-bond acceptors (Lipinski definition) is 14. The highest BCUT2D eigenvalue weighted by Crippen LogP contribution is 2.44. The van der Waals surface area contributed by atoms with Crippen LogP contribution in [0.5, 0.6) is 11.5 Å². The first-order valence-electron chi connectivity index (χ1n) is 21.1. The minimum absolute atomic E-state index is 0.0990. The van der Waals surface area contributed by atoms with E-state index in [-0.39, 0.29) is 29.8 Å². The van der Waals surface area contributed by atoms with Crippen molar-refractivity contribution < 1.29 is 38.4 Å². The van der Waals surface area contributed by atoms with E-state index >= 15 is 0 Å². The van der Waals surface area contributed by atoms with Crippen molar-refractivity contribution >= 4 is 52.9 Å². The standard InChI is InChI=1S/C22H34N2O4S.C21H30N2O4S/c1-4-6-7-16(5-2)13-27-19(25)9-11-29-18-8-10-23-21-20(18)28-14-17-12-22(3,26)15-24(17)21;1-3-5-6-15(4-2)13-26-19(25)8-10-28-18-7-9-22-21-20(18)27-14-16-11-17(24)12-23(16)21/h8,10,16-17,26H,4-7,9,11-15H2,1-3H3;7,9,15-16H,3-6,8,10-14H2,1-2H3/t16?,17-,22?;15?,16-/m00/s1. The average Bonchev–Trinajstić information content (AvgIpc) is 3.76. The number of aliphatic hydroxyl groups is 1. The van der Waals surface area contributed by atoms with Gasteiger partial charge in [0.05, 0.1) is 60.1 Å². The van der Waals surface area contributed by atoms with Gasteiger partial charge in [0.1, 0.15) is 13.2 Å². The molecule has 0 saturated carbocycles. The van der Waals surface area contributed by atoms with Crippen LogP contribution < -0.4 is 19.3 Å². The molecule has 2 aromatic rings. The molecule has 0 radical (unpaired) electrons. The summed E-state index contributed by atoms with van der Waals surface area (Å²) >= 11 is 3.17. The number of ether oxygens (including phenoxy) is 4. The number of ketones is 1. The Morgan fingerprint density at radius 1 is 0.842 bits per heavy atom. The lowest BCUT2D eigenvalue weighted by atomic mass is 10.0. The summed E-state index contributed by atoms with van der Waals surface area (Å²) in [5.74, 6) is 5.22. The summed E-state index contributed by atoms with van der Waals surface area (Å²) in [6.45, 7) is 13.6. The number of pyridine rings is 2. The fourth-order valence-electron chi connectivity index (χ4n) is 7.69. The number of hydrogen-bond donors (Lipinski definition) is 1. The molecule has 14 heteroatoms. The fraction of sp³-hybridized carbons (Fsp3) is 0.698. The Hall–Kier alpha value is -3.23. The van der Waals surface area contributed by atoms with E-state index < -0.39 is 5.60 Å².